The number of piperidine rings is 1. The summed E-state index contributed by atoms with van der Waals surface area (Å²) in [5, 5.41) is 10.5. The van der Waals surface area contributed by atoms with Gasteiger partial charge >= 0.3 is 12.1 Å². The summed E-state index contributed by atoms with van der Waals surface area (Å²) in [5.74, 6) is -2.74. The van der Waals surface area contributed by atoms with E-state index in [1.807, 2.05) is 4.90 Å². The number of nitrogens with one attached hydrogen (secondary N) is 1. The van der Waals surface area contributed by atoms with Crippen molar-refractivity contribution >= 4 is 17.6 Å². The van der Waals surface area contributed by atoms with Crippen LogP contribution in [0, 0.1) is 0 Å². The predicted molar refractivity (Wildman–Crippen MR) is 104 cm³/mol. The van der Waals surface area contributed by atoms with Gasteiger partial charge in [-0.15, -0.1) is 0 Å². The number of likely N-dealkylation sites (tertiary alicyclic amines) is 1. The number of fused-ring (bicyclic) bond motifs is 1. The van der Waals surface area contributed by atoms with Crippen molar-refractivity contribution in [2.75, 3.05) is 31.6 Å². The minimum atomic E-state index is -5.08. The fraction of sp³-hybridized carbons (Fsp3) is 0.500. The van der Waals surface area contributed by atoms with Crippen molar-refractivity contribution in [2.24, 2.45) is 0 Å². The highest BCUT2D eigenvalue weighted by atomic mass is 19.4. The van der Waals surface area contributed by atoms with Crippen LogP contribution in [0.3, 0.4) is 0 Å². The summed E-state index contributed by atoms with van der Waals surface area (Å²) in [6, 6.07) is 6.74. The molecule has 6 nitrogen and oxygen atoms in total. The lowest BCUT2D eigenvalue weighted by Crippen LogP contribution is -2.46. The summed E-state index contributed by atoms with van der Waals surface area (Å²) in [5.41, 5.74) is 3.73. The predicted octanol–water partition coefficient (Wildman–Crippen LogP) is 2.58. The lowest BCUT2D eigenvalue weighted by atomic mass is 9.98. The molecule has 3 rings (SSSR count). The van der Waals surface area contributed by atoms with Crippen LogP contribution < -0.4 is 10.2 Å². The summed E-state index contributed by atoms with van der Waals surface area (Å²) in [7, 11) is 2.14. The molecule has 2 aliphatic rings. The number of benzene rings is 1. The van der Waals surface area contributed by atoms with Gasteiger partial charge in [-0.25, -0.2) is 4.79 Å². The molecular weight excluding hydrogens is 387 g/mol. The Balaban J connectivity index is 0.000000370. The second-order valence-corrected chi connectivity index (χ2v) is 7.13. The first-order chi connectivity index (χ1) is 13.6. The van der Waals surface area contributed by atoms with Crippen molar-refractivity contribution in [2.45, 2.75) is 38.0 Å². The highest BCUT2D eigenvalue weighted by Crippen LogP contribution is 2.27. The summed E-state index contributed by atoms with van der Waals surface area (Å²) in [6.45, 7) is 7.70. The van der Waals surface area contributed by atoms with E-state index in [0.29, 0.717) is 0 Å². The molecule has 0 spiro atoms. The molecule has 0 radical (unpaired) electrons. The number of carbonyl (C=O) groups is 2. The summed E-state index contributed by atoms with van der Waals surface area (Å²) in [6.07, 6.45) is -0.536. The van der Waals surface area contributed by atoms with E-state index in [9.17, 15) is 18.0 Å². The van der Waals surface area contributed by atoms with Gasteiger partial charge in [0.2, 0.25) is 0 Å². The Kier molecular flexibility index (Phi) is 7.80. The topological polar surface area (TPSA) is 72.9 Å². The molecule has 1 aromatic carbocycles. The third-order valence-corrected chi connectivity index (χ3v) is 5.06. The highest BCUT2D eigenvalue weighted by Gasteiger charge is 2.38. The first-order valence-corrected chi connectivity index (χ1v) is 9.40. The molecule has 1 amide bonds. The molecule has 0 atom stereocenters. The van der Waals surface area contributed by atoms with Gasteiger partial charge in [0.05, 0.1) is 0 Å². The van der Waals surface area contributed by atoms with Gasteiger partial charge in [0.25, 0.3) is 5.91 Å². The number of amides is 1. The van der Waals surface area contributed by atoms with Crippen molar-refractivity contribution in [3.63, 3.8) is 0 Å². The number of aliphatic carboxylic acids is 1. The number of rotatable bonds is 3. The number of alkyl halides is 3. The van der Waals surface area contributed by atoms with Crippen molar-refractivity contribution in [1.82, 2.24) is 10.2 Å². The van der Waals surface area contributed by atoms with E-state index in [1.165, 1.54) is 17.2 Å². The Bertz CT molecular complexity index is 744. The van der Waals surface area contributed by atoms with E-state index < -0.39 is 12.1 Å². The zero-order valence-electron chi connectivity index (χ0n) is 16.3. The number of hydrogen-bond acceptors (Lipinski definition) is 4. The number of carboxylic acid groups (broad SMARTS) is 1. The molecule has 0 unspecified atom stereocenters. The van der Waals surface area contributed by atoms with Crippen molar-refractivity contribution in [1.29, 1.82) is 0 Å². The number of hydrogen-bond donors (Lipinski definition) is 2. The molecule has 160 valence electrons. The maximum atomic E-state index is 12.4. The number of nitrogens with zero attached hydrogens (tertiary/aromatic N) is 2. The van der Waals surface area contributed by atoms with Gasteiger partial charge in [-0.3, -0.25) is 4.79 Å². The maximum absolute atomic E-state index is 12.4. The van der Waals surface area contributed by atoms with Gasteiger partial charge in [0.15, 0.2) is 0 Å². The minimum absolute atomic E-state index is 0.0123. The Morgan fingerprint density at radius 1 is 1.28 bits per heavy atom. The third-order valence-electron chi connectivity index (χ3n) is 5.06. The van der Waals surface area contributed by atoms with Crippen molar-refractivity contribution in [3.8, 4) is 0 Å². The van der Waals surface area contributed by atoms with Gasteiger partial charge in [0, 0.05) is 18.3 Å². The molecule has 29 heavy (non-hydrogen) atoms. The number of halogens is 3. The SMILES string of the molecule is C=CC(=O)N(c1ccc2c(c1)CNCC2)C1CCN(C)CC1.O=C(O)C(F)(F)F. The molecule has 2 heterocycles. The highest BCUT2D eigenvalue weighted by molar-refractivity contribution is 6.01. The monoisotopic (exact) mass is 413 g/mol. The fourth-order valence-corrected chi connectivity index (χ4v) is 3.49. The van der Waals surface area contributed by atoms with Crippen LogP contribution in [0.25, 0.3) is 0 Å². The lowest BCUT2D eigenvalue weighted by Gasteiger charge is -2.37. The molecule has 0 bridgehead atoms. The molecule has 9 heteroatoms. The van der Waals surface area contributed by atoms with E-state index >= 15 is 0 Å². The van der Waals surface area contributed by atoms with Gasteiger partial charge in [-0.2, -0.15) is 13.2 Å². The normalized spacial score (nSPS) is 17.5. The smallest absolute Gasteiger partial charge is 0.475 e. The molecule has 2 aliphatic heterocycles. The molecule has 0 aromatic heterocycles. The molecule has 1 saturated heterocycles. The summed E-state index contributed by atoms with van der Waals surface area (Å²) in [4.78, 5) is 25.6. The van der Waals surface area contributed by atoms with Gasteiger partial charge in [-0.1, -0.05) is 12.6 Å². The molecule has 0 saturated carbocycles. The lowest BCUT2D eigenvalue weighted by molar-refractivity contribution is -0.192. The van der Waals surface area contributed by atoms with Crippen molar-refractivity contribution in [3.05, 3.63) is 42.0 Å². The first kappa shape index (κ1) is 22.9. The van der Waals surface area contributed by atoms with Crippen LogP contribution in [0.5, 0.6) is 0 Å². The van der Waals surface area contributed by atoms with E-state index in [2.05, 4.69) is 42.0 Å². The van der Waals surface area contributed by atoms with Crippen LogP contribution in [0.4, 0.5) is 18.9 Å². The van der Waals surface area contributed by atoms with E-state index in [0.717, 1.165) is 51.1 Å². The Morgan fingerprint density at radius 3 is 2.45 bits per heavy atom. The second kappa shape index (κ2) is 9.89. The van der Waals surface area contributed by atoms with Crippen LogP contribution in [0.15, 0.2) is 30.9 Å². The quantitative estimate of drug-likeness (QED) is 0.746. The maximum Gasteiger partial charge on any atom is 0.490 e. The molecule has 0 aliphatic carbocycles. The number of carboxylic acids is 1. The summed E-state index contributed by atoms with van der Waals surface area (Å²) < 4.78 is 31.7. The van der Waals surface area contributed by atoms with Crippen LogP contribution in [0.1, 0.15) is 24.0 Å². The van der Waals surface area contributed by atoms with Crippen LogP contribution in [-0.4, -0.2) is 60.8 Å². The Labute approximate surface area is 168 Å². The number of carbonyl (C=O) groups excluding carboxylic acids is 1. The van der Waals surface area contributed by atoms with Crippen LogP contribution in [0.2, 0.25) is 0 Å². The van der Waals surface area contributed by atoms with Crippen LogP contribution >= 0.6 is 0 Å². The zero-order valence-corrected chi connectivity index (χ0v) is 16.3. The third kappa shape index (κ3) is 6.30. The van der Waals surface area contributed by atoms with Gasteiger partial charge in [-0.05, 0) is 75.3 Å². The molecule has 2 N–H and O–H groups in total. The minimum Gasteiger partial charge on any atom is -0.475 e. The Hall–Kier alpha value is -2.39. The van der Waals surface area contributed by atoms with E-state index in [-0.39, 0.29) is 11.9 Å². The first-order valence-electron chi connectivity index (χ1n) is 9.40. The average Bonchev–Trinajstić information content (AvgIpc) is 2.69. The van der Waals surface area contributed by atoms with E-state index in [1.54, 1.807) is 0 Å². The van der Waals surface area contributed by atoms with Gasteiger partial charge in [0.1, 0.15) is 0 Å². The standard InChI is InChI=1S/C18H25N3O.C2HF3O2/c1-3-18(22)21(16-7-10-20(2)11-8-16)17-5-4-14-6-9-19-13-15(14)12-17;3-2(4,5)1(6)7/h3-5,12,16,19H,1,6-11,13H2,2H3;(H,6,7). The second-order valence-electron chi connectivity index (χ2n) is 7.13. The molecule has 1 aromatic rings. The zero-order chi connectivity index (χ0) is 21.6. The van der Waals surface area contributed by atoms with E-state index in [4.69, 9.17) is 9.90 Å². The van der Waals surface area contributed by atoms with Crippen LogP contribution in [-0.2, 0) is 22.6 Å². The molecule has 1 fully saturated rings. The van der Waals surface area contributed by atoms with Crippen molar-refractivity contribution < 1.29 is 27.9 Å². The largest absolute Gasteiger partial charge is 0.490 e. The Morgan fingerprint density at radius 2 is 1.90 bits per heavy atom. The fourth-order valence-electron chi connectivity index (χ4n) is 3.49. The molecular formula is C20H26F3N3O3. The van der Waals surface area contributed by atoms with Gasteiger partial charge < -0.3 is 20.2 Å². The average molecular weight is 413 g/mol. The summed E-state index contributed by atoms with van der Waals surface area (Å²) >= 11 is 0. The number of anilines is 1.